The van der Waals surface area contributed by atoms with E-state index in [9.17, 15) is 14.4 Å². The van der Waals surface area contributed by atoms with Crippen LogP contribution in [0.25, 0.3) is 66.6 Å². The topological polar surface area (TPSA) is 172 Å². The first-order chi connectivity index (χ1) is 25.9. The van der Waals surface area contributed by atoms with Gasteiger partial charge in [-0.2, -0.15) is 5.10 Å². The Hall–Kier alpha value is -6.76. The standard InChI is InChI=1S/C40H34N10O3/c51-38(43-27-11-9-23(10-12-27)37-44-30-17-25-13-14-41-28(25)19-32(30)46-37)34-3-1-15-49(34)40(53)35-4-2-16-50(35)39(52)24-7-5-22(6-8-24)36-45-31-18-26-21-42-48-29(26)20-33(31)47-36/h5-14,17-21,34-35,41H,1-4,15-16H2,(H,42,48)(H,43,51)(H,44,46)(H,45,47)/t34-,35-/m0/s1. The van der Waals surface area contributed by atoms with Gasteiger partial charge in [-0.05, 0) is 92.4 Å². The average Bonchev–Trinajstić information content (AvgIpc) is 4.04. The molecule has 5 N–H and O–H groups in total. The molecule has 0 spiro atoms. The number of fused-ring (bicyclic) bond motifs is 4. The SMILES string of the molecule is O=C(Nc1ccc(-c2nc3cc4cc[nH]c4cc3[nH]2)cc1)[C@@H]1CCCN1C(=O)[C@@H]1CCCN1C(=O)c1ccc(-c2nc3cc4cn[nH]c4cc3[nH]2)cc1. The first-order valence-electron chi connectivity index (χ1n) is 17.9. The Kier molecular flexibility index (Phi) is 7.13. The molecule has 2 fully saturated rings. The second-order valence-corrected chi connectivity index (χ2v) is 13.9. The number of aromatic amines is 4. The Balaban J connectivity index is 0.805. The van der Waals surface area contributed by atoms with Crippen LogP contribution in [-0.2, 0) is 9.59 Å². The fourth-order valence-electron chi connectivity index (χ4n) is 7.91. The van der Waals surface area contributed by atoms with E-state index < -0.39 is 12.1 Å². The second-order valence-electron chi connectivity index (χ2n) is 13.9. The molecule has 0 aliphatic carbocycles. The number of likely N-dealkylation sites (tertiary alicyclic amines) is 2. The third-order valence-corrected chi connectivity index (χ3v) is 10.7. The van der Waals surface area contributed by atoms with E-state index in [0.717, 1.165) is 73.7 Å². The van der Waals surface area contributed by atoms with Crippen molar-refractivity contribution < 1.29 is 14.4 Å². The first kappa shape index (κ1) is 31.0. The van der Waals surface area contributed by atoms with Crippen molar-refractivity contribution in [1.82, 2.24) is 44.9 Å². The number of nitrogens with zero attached hydrogens (tertiary/aromatic N) is 5. The highest BCUT2D eigenvalue weighted by Crippen LogP contribution is 2.30. The fourth-order valence-corrected chi connectivity index (χ4v) is 7.91. The molecule has 0 unspecified atom stereocenters. The van der Waals surface area contributed by atoms with Crippen LogP contribution < -0.4 is 5.32 Å². The van der Waals surface area contributed by atoms with Crippen LogP contribution in [0.2, 0.25) is 0 Å². The summed E-state index contributed by atoms with van der Waals surface area (Å²) < 4.78 is 0. The summed E-state index contributed by atoms with van der Waals surface area (Å²) in [5.74, 6) is 0.852. The molecule has 0 saturated carbocycles. The molecule has 3 amide bonds. The first-order valence-corrected chi connectivity index (χ1v) is 17.9. The molecule has 0 radical (unpaired) electrons. The Morgan fingerprint density at radius 1 is 0.679 bits per heavy atom. The number of imidazole rings is 2. The third kappa shape index (κ3) is 5.39. The lowest BCUT2D eigenvalue weighted by atomic mass is 10.1. The maximum Gasteiger partial charge on any atom is 0.254 e. The highest BCUT2D eigenvalue weighted by molar-refractivity contribution is 6.01. The molecular weight excluding hydrogens is 669 g/mol. The summed E-state index contributed by atoms with van der Waals surface area (Å²) in [6.07, 6.45) is 6.26. The van der Waals surface area contributed by atoms with Gasteiger partial charge in [0, 0.05) is 58.0 Å². The molecule has 4 aromatic carbocycles. The average molecular weight is 703 g/mol. The molecule has 2 aliphatic heterocycles. The molecule has 2 aliphatic rings. The van der Waals surface area contributed by atoms with E-state index in [0.29, 0.717) is 43.0 Å². The summed E-state index contributed by atoms with van der Waals surface area (Å²) in [4.78, 5) is 64.2. The molecule has 10 rings (SSSR count). The number of hydrogen-bond donors (Lipinski definition) is 5. The van der Waals surface area contributed by atoms with Crippen LogP contribution in [0.4, 0.5) is 5.69 Å². The van der Waals surface area contributed by atoms with Crippen molar-refractivity contribution in [3.8, 4) is 22.8 Å². The van der Waals surface area contributed by atoms with Gasteiger partial charge in [0.25, 0.3) is 5.91 Å². The van der Waals surface area contributed by atoms with E-state index >= 15 is 0 Å². The molecule has 2 saturated heterocycles. The van der Waals surface area contributed by atoms with Gasteiger partial charge >= 0.3 is 0 Å². The fraction of sp³-hybridized carbons (Fsp3) is 0.200. The number of carbonyl (C=O) groups is 3. The second kappa shape index (κ2) is 12.2. The van der Waals surface area contributed by atoms with Crippen molar-refractivity contribution in [3.05, 3.63) is 96.8 Å². The molecular formula is C40H34N10O3. The van der Waals surface area contributed by atoms with Gasteiger partial charge in [0.2, 0.25) is 11.8 Å². The molecule has 6 heterocycles. The van der Waals surface area contributed by atoms with Gasteiger partial charge in [0.15, 0.2) is 0 Å². The van der Waals surface area contributed by atoms with Gasteiger partial charge < -0.3 is 30.1 Å². The minimum Gasteiger partial charge on any atom is -0.361 e. The number of aromatic nitrogens is 7. The zero-order chi connectivity index (χ0) is 35.6. The number of anilines is 1. The van der Waals surface area contributed by atoms with Crippen LogP contribution in [0.5, 0.6) is 0 Å². The number of benzene rings is 4. The Bertz CT molecular complexity index is 2610. The normalized spacial score (nSPS) is 17.5. The van der Waals surface area contributed by atoms with E-state index in [4.69, 9.17) is 9.97 Å². The summed E-state index contributed by atoms with van der Waals surface area (Å²) >= 11 is 0. The Morgan fingerprint density at radius 3 is 2.06 bits per heavy atom. The minimum atomic E-state index is -0.610. The van der Waals surface area contributed by atoms with Crippen molar-refractivity contribution in [1.29, 1.82) is 0 Å². The van der Waals surface area contributed by atoms with Crippen molar-refractivity contribution in [3.63, 3.8) is 0 Å². The molecule has 2 atom stereocenters. The predicted molar refractivity (Wildman–Crippen MR) is 202 cm³/mol. The van der Waals surface area contributed by atoms with E-state index in [-0.39, 0.29) is 17.7 Å². The van der Waals surface area contributed by atoms with E-state index in [1.165, 1.54) is 0 Å². The number of rotatable bonds is 6. The van der Waals surface area contributed by atoms with Gasteiger partial charge in [-0.3, -0.25) is 19.5 Å². The predicted octanol–water partition coefficient (Wildman–Crippen LogP) is 6.37. The lowest BCUT2D eigenvalue weighted by Crippen LogP contribution is -2.51. The monoisotopic (exact) mass is 702 g/mol. The lowest BCUT2D eigenvalue weighted by Gasteiger charge is -2.31. The molecule has 262 valence electrons. The van der Waals surface area contributed by atoms with Crippen LogP contribution in [0.3, 0.4) is 0 Å². The van der Waals surface area contributed by atoms with Crippen LogP contribution in [0, 0.1) is 0 Å². The van der Waals surface area contributed by atoms with Gasteiger partial charge in [0.1, 0.15) is 23.7 Å². The molecule has 8 aromatic rings. The summed E-state index contributed by atoms with van der Waals surface area (Å²) in [5.41, 5.74) is 8.39. The van der Waals surface area contributed by atoms with E-state index in [2.05, 4.69) is 30.5 Å². The van der Waals surface area contributed by atoms with E-state index in [1.807, 2.05) is 72.9 Å². The number of hydrogen-bond acceptors (Lipinski definition) is 6. The number of amides is 3. The van der Waals surface area contributed by atoms with Gasteiger partial charge in [-0.1, -0.05) is 12.1 Å². The summed E-state index contributed by atoms with van der Waals surface area (Å²) in [5, 5.41) is 12.2. The van der Waals surface area contributed by atoms with Crippen molar-refractivity contribution in [2.75, 3.05) is 18.4 Å². The summed E-state index contributed by atoms with van der Waals surface area (Å²) in [6, 6.07) is 23.7. The lowest BCUT2D eigenvalue weighted by molar-refractivity contribution is -0.139. The van der Waals surface area contributed by atoms with Gasteiger partial charge in [0.05, 0.1) is 33.8 Å². The maximum atomic E-state index is 14.0. The molecule has 53 heavy (non-hydrogen) atoms. The van der Waals surface area contributed by atoms with Crippen LogP contribution in [0.15, 0.2) is 91.3 Å². The number of carbonyl (C=O) groups excluding carboxylic acids is 3. The Labute approximate surface area is 301 Å². The van der Waals surface area contributed by atoms with E-state index in [1.54, 1.807) is 28.1 Å². The third-order valence-electron chi connectivity index (χ3n) is 10.7. The largest absolute Gasteiger partial charge is 0.361 e. The Morgan fingerprint density at radius 2 is 1.32 bits per heavy atom. The zero-order valence-corrected chi connectivity index (χ0v) is 28.5. The number of H-pyrrole nitrogens is 4. The van der Waals surface area contributed by atoms with Gasteiger partial charge in [-0.15, -0.1) is 0 Å². The molecule has 13 heteroatoms. The molecule has 13 nitrogen and oxygen atoms in total. The highest BCUT2D eigenvalue weighted by Gasteiger charge is 2.42. The highest BCUT2D eigenvalue weighted by atomic mass is 16.2. The number of nitrogens with one attached hydrogen (secondary N) is 5. The van der Waals surface area contributed by atoms with Crippen molar-refractivity contribution >= 4 is 67.3 Å². The zero-order valence-electron chi connectivity index (χ0n) is 28.5. The summed E-state index contributed by atoms with van der Waals surface area (Å²) in [6.45, 7) is 0.967. The van der Waals surface area contributed by atoms with Crippen molar-refractivity contribution in [2.45, 2.75) is 37.8 Å². The summed E-state index contributed by atoms with van der Waals surface area (Å²) in [7, 11) is 0. The smallest absolute Gasteiger partial charge is 0.254 e. The van der Waals surface area contributed by atoms with Crippen molar-refractivity contribution in [2.24, 2.45) is 0 Å². The molecule has 0 bridgehead atoms. The van der Waals surface area contributed by atoms with Crippen LogP contribution >= 0.6 is 0 Å². The minimum absolute atomic E-state index is 0.171. The maximum absolute atomic E-state index is 14.0. The van der Waals surface area contributed by atoms with Crippen LogP contribution in [0.1, 0.15) is 36.0 Å². The quantitative estimate of drug-likeness (QED) is 0.135. The molecule has 4 aromatic heterocycles. The van der Waals surface area contributed by atoms with Gasteiger partial charge in [-0.25, -0.2) is 9.97 Å². The van der Waals surface area contributed by atoms with Crippen LogP contribution in [-0.4, -0.2) is 87.8 Å².